The van der Waals surface area contributed by atoms with Gasteiger partial charge >= 0.3 is 5.97 Å². The largest absolute Gasteiger partial charge is 0.462 e. The van der Waals surface area contributed by atoms with Gasteiger partial charge in [0.2, 0.25) is 0 Å². The van der Waals surface area contributed by atoms with Crippen LogP contribution in [0.1, 0.15) is 35.7 Å². The molecular formula is C13H16BrNO2. The van der Waals surface area contributed by atoms with Crippen molar-refractivity contribution in [3.63, 3.8) is 0 Å². The van der Waals surface area contributed by atoms with Crippen LogP contribution in [0.25, 0.3) is 0 Å². The molecule has 0 atom stereocenters. The van der Waals surface area contributed by atoms with Gasteiger partial charge in [-0.2, -0.15) is 0 Å². The fraction of sp³-hybridized carbons (Fsp3) is 0.462. The minimum Gasteiger partial charge on any atom is -0.462 e. The molecule has 0 aromatic heterocycles. The summed E-state index contributed by atoms with van der Waals surface area (Å²) in [5, 5.41) is 3.43. The standard InChI is InChI=1S/C13H16BrNO2/c1-2-17-13(16)10-5-9(6-11(14)7-10)8-15-12-3-4-12/h5-7,12,15H,2-4,8H2,1H3. The van der Waals surface area contributed by atoms with Crippen molar-refractivity contribution in [1.29, 1.82) is 0 Å². The van der Waals surface area contributed by atoms with E-state index < -0.39 is 0 Å². The van der Waals surface area contributed by atoms with Crippen molar-refractivity contribution in [2.24, 2.45) is 0 Å². The molecule has 0 heterocycles. The number of carbonyl (C=O) groups excluding carboxylic acids is 1. The van der Waals surface area contributed by atoms with Crippen LogP contribution in [0, 0.1) is 0 Å². The number of hydrogen-bond donors (Lipinski definition) is 1. The molecule has 2 rings (SSSR count). The van der Waals surface area contributed by atoms with E-state index in [2.05, 4.69) is 21.2 Å². The third-order valence-corrected chi connectivity index (χ3v) is 3.10. The highest BCUT2D eigenvalue weighted by molar-refractivity contribution is 9.10. The molecule has 0 bridgehead atoms. The second-order valence-electron chi connectivity index (χ2n) is 4.22. The number of hydrogen-bond acceptors (Lipinski definition) is 3. The molecule has 92 valence electrons. The topological polar surface area (TPSA) is 38.3 Å². The molecule has 4 heteroatoms. The predicted octanol–water partition coefficient (Wildman–Crippen LogP) is 2.88. The van der Waals surface area contributed by atoms with E-state index in [0.717, 1.165) is 16.6 Å². The summed E-state index contributed by atoms with van der Waals surface area (Å²) in [5.74, 6) is -0.263. The second kappa shape index (κ2) is 5.65. The lowest BCUT2D eigenvalue weighted by Crippen LogP contribution is -2.16. The summed E-state index contributed by atoms with van der Waals surface area (Å²) in [6, 6.07) is 6.37. The Morgan fingerprint density at radius 1 is 1.47 bits per heavy atom. The van der Waals surface area contributed by atoms with E-state index in [9.17, 15) is 4.79 Å². The fourth-order valence-electron chi connectivity index (χ4n) is 1.63. The molecule has 0 unspecified atom stereocenters. The van der Waals surface area contributed by atoms with Gasteiger partial charge < -0.3 is 10.1 Å². The third-order valence-electron chi connectivity index (χ3n) is 2.64. The highest BCUT2D eigenvalue weighted by atomic mass is 79.9. The normalized spacial score (nSPS) is 14.7. The molecule has 1 aliphatic rings. The van der Waals surface area contributed by atoms with Crippen molar-refractivity contribution < 1.29 is 9.53 Å². The molecule has 17 heavy (non-hydrogen) atoms. The summed E-state index contributed by atoms with van der Waals surface area (Å²) in [5.41, 5.74) is 1.71. The van der Waals surface area contributed by atoms with Gasteiger partial charge in [-0.15, -0.1) is 0 Å². The van der Waals surface area contributed by atoms with Crippen molar-refractivity contribution in [2.75, 3.05) is 6.61 Å². The van der Waals surface area contributed by atoms with E-state index in [4.69, 9.17) is 4.74 Å². The van der Waals surface area contributed by atoms with Crippen LogP contribution < -0.4 is 5.32 Å². The Kier molecular flexibility index (Phi) is 4.18. The SMILES string of the molecule is CCOC(=O)c1cc(Br)cc(CNC2CC2)c1. The molecule has 1 aliphatic carbocycles. The van der Waals surface area contributed by atoms with Crippen LogP contribution in [-0.2, 0) is 11.3 Å². The highest BCUT2D eigenvalue weighted by Crippen LogP contribution is 2.21. The van der Waals surface area contributed by atoms with E-state index in [0.29, 0.717) is 18.2 Å². The maximum absolute atomic E-state index is 11.6. The molecule has 3 nitrogen and oxygen atoms in total. The molecule has 1 aromatic carbocycles. The first-order valence-corrected chi connectivity index (χ1v) is 6.68. The minimum atomic E-state index is -0.263. The van der Waals surface area contributed by atoms with Crippen molar-refractivity contribution in [3.05, 3.63) is 33.8 Å². The summed E-state index contributed by atoms with van der Waals surface area (Å²) in [6.45, 7) is 3.02. The maximum Gasteiger partial charge on any atom is 0.338 e. The van der Waals surface area contributed by atoms with Gasteiger partial charge in [-0.25, -0.2) is 4.79 Å². The molecule has 0 saturated heterocycles. The molecule has 1 saturated carbocycles. The van der Waals surface area contributed by atoms with Crippen LogP contribution >= 0.6 is 15.9 Å². The maximum atomic E-state index is 11.6. The van der Waals surface area contributed by atoms with Crippen LogP contribution in [0.5, 0.6) is 0 Å². The Morgan fingerprint density at radius 2 is 2.24 bits per heavy atom. The van der Waals surface area contributed by atoms with Gasteiger partial charge in [0, 0.05) is 17.1 Å². The van der Waals surface area contributed by atoms with Gasteiger partial charge in [0.25, 0.3) is 0 Å². The zero-order valence-electron chi connectivity index (χ0n) is 9.83. The first-order chi connectivity index (χ1) is 8.19. The summed E-state index contributed by atoms with van der Waals surface area (Å²) < 4.78 is 5.91. The Bertz CT molecular complexity index is 416. The Hall–Kier alpha value is -0.870. The quantitative estimate of drug-likeness (QED) is 0.850. The fourth-order valence-corrected chi connectivity index (χ4v) is 2.18. The van der Waals surface area contributed by atoms with E-state index >= 15 is 0 Å². The van der Waals surface area contributed by atoms with E-state index in [1.165, 1.54) is 12.8 Å². The zero-order chi connectivity index (χ0) is 12.3. The smallest absolute Gasteiger partial charge is 0.338 e. The second-order valence-corrected chi connectivity index (χ2v) is 5.14. The molecule has 0 amide bonds. The first kappa shape index (κ1) is 12.6. The lowest BCUT2D eigenvalue weighted by molar-refractivity contribution is 0.0526. The number of carbonyl (C=O) groups is 1. The van der Waals surface area contributed by atoms with Crippen molar-refractivity contribution in [1.82, 2.24) is 5.32 Å². The summed E-state index contributed by atoms with van der Waals surface area (Å²) in [4.78, 5) is 11.6. The van der Waals surface area contributed by atoms with E-state index in [1.54, 1.807) is 6.07 Å². The number of ether oxygens (including phenoxy) is 1. The van der Waals surface area contributed by atoms with Crippen LogP contribution in [0.2, 0.25) is 0 Å². The molecule has 0 radical (unpaired) electrons. The Balaban J connectivity index is 2.07. The number of esters is 1. The van der Waals surface area contributed by atoms with Gasteiger partial charge in [0.15, 0.2) is 0 Å². The van der Waals surface area contributed by atoms with Crippen LogP contribution in [0.4, 0.5) is 0 Å². The van der Waals surface area contributed by atoms with Gasteiger partial charge in [0.1, 0.15) is 0 Å². The number of nitrogens with one attached hydrogen (secondary N) is 1. The third kappa shape index (κ3) is 3.82. The van der Waals surface area contributed by atoms with Gasteiger partial charge in [-0.1, -0.05) is 15.9 Å². The Labute approximate surface area is 110 Å². The van der Waals surface area contributed by atoms with Crippen molar-refractivity contribution >= 4 is 21.9 Å². The summed E-state index contributed by atoms with van der Waals surface area (Å²) in [6.07, 6.45) is 2.53. The van der Waals surface area contributed by atoms with Crippen molar-refractivity contribution in [2.45, 2.75) is 32.4 Å². The molecule has 1 fully saturated rings. The van der Waals surface area contributed by atoms with Gasteiger partial charge in [-0.05, 0) is 43.5 Å². The molecule has 0 aliphatic heterocycles. The number of halogens is 1. The predicted molar refractivity (Wildman–Crippen MR) is 70.0 cm³/mol. The molecular weight excluding hydrogens is 282 g/mol. The van der Waals surface area contributed by atoms with E-state index in [-0.39, 0.29) is 5.97 Å². The highest BCUT2D eigenvalue weighted by Gasteiger charge is 2.20. The zero-order valence-corrected chi connectivity index (χ0v) is 11.4. The monoisotopic (exact) mass is 297 g/mol. The lowest BCUT2D eigenvalue weighted by Gasteiger charge is -2.07. The average Bonchev–Trinajstić information content (AvgIpc) is 3.10. The van der Waals surface area contributed by atoms with Gasteiger partial charge in [0.05, 0.1) is 12.2 Å². The van der Waals surface area contributed by atoms with Crippen LogP contribution in [-0.4, -0.2) is 18.6 Å². The number of rotatable bonds is 5. The van der Waals surface area contributed by atoms with E-state index in [1.807, 2.05) is 19.1 Å². The number of benzene rings is 1. The molecule has 0 spiro atoms. The van der Waals surface area contributed by atoms with Crippen LogP contribution in [0.3, 0.4) is 0 Å². The van der Waals surface area contributed by atoms with Gasteiger partial charge in [-0.3, -0.25) is 0 Å². The average molecular weight is 298 g/mol. The molecule has 1 N–H and O–H groups in total. The first-order valence-electron chi connectivity index (χ1n) is 5.89. The molecule has 1 aromatic rings. The van der Waals surface area contributed by atoms with Crippen molar-refractivity contribution in [3.8, 4) is 0 Å². The lowest BCUT2D eigenvalue weighted by atomic mass is 10.1. The summed E-state index contributed by atoms with van der Waals surface area (Å²) in [7, 11) is 0. The summed E-state index contributed by atoms with van der Waals surface area (Å²) >= 11 is 3.42. The minimum absolute atomic E-state index is 0.263. The Morgan fingerprint density at radius 3 is 2.88 bits per heavy atom. The van der Waals surface area contributed by atoms with Crippen LogP contribution in [0.15, 0.2) is 22.7 Å².